The third-order valence-electron chi connectivity index (χ3n) is 6.31. The molecule has 0 aliphatic carbocycles. The molecule has 52 heavy (non-hydrogen) atoms. The first-order valence-corrected chi connectivity index (χ1v) is 13.9. The molecular weight excluding hydrogens is 696 g/mol. The number of carbonyl (C=O) groups is 4. The zero-order valence-electron chi connectivity index (χ0n) is 25.6. The Morgan fingerprint density at radius 1 is 0.519 bits per heavy atom. The van der Waals surface area contributed by atoms with E-state index in [9.17, 15) is 59.6 Å². The number of esters is 2. The fourth-order valence-corrected chi connectivity index (χ4v) is 3.95. The number of nitro groups is 4. The van der Waals surface area contributed by atoms with E-state index in [1.807, 2.05) is 10.9 Å². The van der Waals surface area contributed by atoms with Crippen LogP contribution in [0, 0.1) is 40.5 Å². The predicted molar refractivity (Wildman–Crippen MR) is 174 cm³/mol. The fourth-order valence-electron chi connectivity index (χ4n) is 3.95. The van der Waals surface area contributed by atoms with E-state index in [1.54, 1.807) is 0 Å². The molecule has 0 aliphatic heterocycles. The fraction of sp³-hybridized carbons (Fsp3) is 0. The van der Waals surface area contributed by atoms with Crippen LogP contribution < -0.4 is 20.3 Å². The molecule has 22 heteroatoms. The van der Waals surface area contributed by atoms with Crippen LogP contribution in [0.15, 0.2) is 95.1 Å². The second-order valence-corrected chi connectivity index (χ2v) is 9.76. The van der Waals surface area contributed by atoms with Crippen LogP contribution in [0.4, 0.5) is 22.7 Å². The SMILES string of the molecule is O=C(NN=Cc1ccccc1OC(=O)c1cc([N+](=O)[O-])cc([N+](=O)[O-])c1)C(=O)NN=Cc1ccccc1OC(=O)c1cc([N+](=O)[O-])cc([N+](=O)[O-])c1. The van der Waals surface area contributed by atoms with E-state index in [4.69, 9.17) is 9.47 Å². The van der Waals surface area contributed by atoms with Gasteiger partial charge in [0, 0.05) is 35.4 Å². The van der Waals surface area contributed by atoms with E-state index >= 15 is 0 Å². The first kappa shape index (κ1) is 36.5. The highest BCUT2D eigenvalue weighted by atomic mass is 16.6. The minimum Gasteiger partial charge on any atom is -0.422 e. The first-order chi connectivity index (χ1) is 24.7. The lowest BCUT2D eigenvalue weighted by Gasteiger charge is -2.07. The average molecular weight is 715 g/mol. The number of ether oxygens (including phenoxy) is 2. The highest BCUT2D eigenvalue weighted by molar-refractivity contribution is 6.35. The van der Waals surface area contributed by atoms with Crippen molar-refractivity contribution in [2.75, 3.05) is 0 Å². The minimum atomic E-state index is -1.32. The van der Waals surface area contributed by atoms with Crippen molar-refractivity contribution in [1.29, 1.82) is 0 Å². The number of hydrogen-bond donors (Lipinski definition) is 2. The van der Waals surface area contributed by atoms with Crippen LogP contribution in [0.25, 0.3) is 0 Å². The Balaban J connectivity index is 1.38. The summed E-state index contributed by atoms with van der Waals surface area (Å²) in [5, 5.41) is 51.8. The van der Waals surface area contributed by atoms with Gasteiger partial charge in [-0.2, -0.15) is 10.2 Å². The summed E-state index contributed by atoms with van der Waals surface area (Å²) in [4.78, 5) is 90.7. The molecule has 2 N–H and O–H groups in total. The molecule has 0 radical (unpaired) electrons. The van der Waals surface area contributed by atoms with Crippen LogP contribution in [-0.4, -0.2) is 55.9 Å². The third-order valence-corrected chi connectivity index (χ3v) is 6.31. The standard InChI is InChI=1S/C30H18N8O14/c39-27(33-31-15-17-5-1-3-7-25(17)51-29(41)19-9-21(35(43)44)13-22(10-19)36(45)46)28(40)34-32-16-18-6-2-4-8-26(18)52-30(42)20-11-23(37(47)48)14-24(12-20)38(49)50/h1-16H,(H,33,39)(H,34,40). The van der Waals surface area contributed by atoms with Gasteiger partial charge in [-0.25, -0.2) is 20.4 Å². The van der Waals surface area contributed by atoms with Crippen molar-refractivity contribution < 1.29 is 48.3 Å². The maximum Gasteiger partial charge on any atom is 0.344 e. The van der Waals surface area contributed by atoms with Crippen molar-refractivity contribution >= 4 is 58.9 Å². The summed E-state index contributed by atoms with van der Waals surface area (Å²) >= 11 is 0. The van der Waals surface area contributed by atoms with Crippen molar-refractivity contribution in [3.63, 3.8) is 0 Å². The van der Waals surface area contributed by atoms with Crippen LogP contribution in [0.5, 0.6) is 11.5 Å². The quantitative estimate of drug-likeness (QED) is 0.0531. The highest BCUT2D eigenvalue weighted by Gasteiger charge is 2.23. The van der Waals surface area contributed by atoms with Gasteiger partial charge in [0.1, 0.15) is 11.5 Å². The average Bonchev–Trinajstić information content (AvgIpc) is 3.12. The molecule has 0 saturated carbocycles. The number of para-hydroxylation sites is 2. The number of nitrogens with zero attached hydrogens (tertiary/aromatic N) is 6. The molecule has 262 valence electrons. The molecule has 4 aromatic rings. The van der Waals surface area contributed by atoms with Crippen molar-refractivity contribution in [3.8, 4) is 11.5 Å². The van der Waals surface area contributed by atoms with Crippen LogP contribution in [0.3, 0.4) is 0 Å². The maximum absolute atomic E-state index is 12.7. The number of nitro benzene ring substituents is 4. The predicted octanol–water partition coefficient (Wildman–Crippen LogP) is 3.36. The van der Waals surface area contributed by atoms with E-state index in [1.165, 1.54) is 48.5 Å². The molecule has 0 fully saturated rings. The Kier molecular flexibility index (Phi) is 11.4. The van der Waals surface area contributed by atoms with Gasteiger partial charge >= 0.3 is 23.8 Å². The number of hydrogen-bond acceptors (Lipinski definition) is 16. The number of benzene rings is 4. The number of hydrazone groups is 2. The second kappa shape index (κ2) is 16.2. The molecule has 0 aliphatic rings. The largest absolute Gasteiger partial charge is 0.422 e. The van der Waals surface area contributed by atoms with Crippen LogP contribution in [-0.2, 0) is 9.59 Å². The lowest BCUT2D eigenvalue weighted by atomic mass is 10.1. The van der Waals surface area contributed by atoms with Crippen molar-refractivity contribution in [2.24, 2.45) is 10.2 Å². The Labute approximate surface area is 287 Å². The van der Waals surface area contributed by atoms with Gasteiger partial charge < -0.3 is 9.47 Å². The molecule has 0 bridgehead atoms. The van der Waals surface area contributed by atoms with Crippen LogP contribution >= 0.6 is 0 Å². The molecular formula is C30H18N8O14. The molecule has 0 saturated heterocycles. The van der Waals surface area contributed by atoms with E-state index in [-0.39, 0.29) is 22.6 Å². The van der Waals surface area contributed by atoms with Gasteiger partial charge in [0.25, 0.3) is 22.7 Å². The molecule has 0 aromatic heterocycles. The van der Waals surface area contributed by atoms with Gasteiger partial charge in [0.2, 0.25) is 0 Å². The van der Waals surface area contributed by atoms with Gasteiger partial charge in [-0.05, 0) is 24.3 Å². The Morgan fingerprint density at radius 2 is 0.827 bits per heavy atom. The van der Waals surface area contributed by atoms with E-state index < -0.39 is 77.3 Å². The molecule has 0 spiro atoms. The Hall–Kier alpha value is -8.30. The topological polar surface area (TPSA) is 308 Å². The van der Waals surface area contributed by atoms with Gasteiger partial charge in [-0.3, -0.25) is 50.0 Å². The second-order valence-electron chi connectivity index (χ2n) is 9.76. The number of amides is 2. The van der Waals surface area contributed by atoms with Gasteiger partial charge in [0.15, 0.2) is 0 Å². The third kappa shape index (κ3) is 9.41. The first-order valence-electron chi connectivity index (χ1n) is 13.9. The molecule has 4 aromatic carbocycles. The van der Waals surface area contributed by atoms with E-state index in [0.29, 0.717) is 12.1 Å². The number of rotatable bonds is 12. The van der Waals surface area contributed by atoms with E-state index in [2.05, 4.69) is 10.2 Å². The van der Waals surface area contributed by atoms with E-state index in [0.717, 1.165) is 36.7 Å². The normalized spacial score (nSPS) is 10.7. The Morgan fingerprint density at radius 3 is 1.13 bits per heavy atom. The zero-order valence-corrected chi connectivity index (χ0v) is 25.6. The van der Waals surface area contributed by atoms with Crippen molar-refractivity contribution in [1.82, 2.24) is 10.9 Å². The van der Waals surface area contributed by atoms with Crippen LogP contribution in [0.1, 0.15) is 31.8 Å². The summed E-state index contributed by atoms with van der Waals surface area (Å²) in [6.07, 6.45) is 1.96. The molecule has 2 amide bonds. The monoisotopic (exact) mass is 714 g/mol. The molecule has 0 unspecified atom stereocenters. The minimum absolute atomic E-state index is 0.0698. The highest BCUT2D eigenvalue weighted by Crippen LogP contribution is 2.26. The van der Waals surface area contributed by atoms with Gasteiger partial charge in [-0.1, -0.05) is 24.3 Å². The van der Waals surface area contributed by atoms with Crippen molar-refractivity contribution in [2.45, 2.75) is 0 Å². The molecule has 0 atom stereocenters. The lowest BCUT2D eigenvalue weighted by Crippen LogP contribution is -2.35. The maximum atomic E-state index is 12.7. The Bertz CT molecular complexity index is 2000. The smallest absolute Gasteiger partial charge is 0.344 e. The number of carbonyl (C=O) groups excluding carboxylic acids is 4. The molecule has 22 nitrogen and oxygen atoms in total. The lowest BCUT2D eigenvalue weighted by molar-refractivity contribution is -0.394. The number of nitrogens with one attached hydrogen (secondary N) is 2. The molecule has 4 rings (SSSR count). The van der Waals surface area contributed by atoms with Crippen LogP contribution in [0.2, 0.25) is 0 Å². The summed E-state index contributed by atoms with van der Waals surface area (Å²) in [5.41, 5.74) is 0.0753. The summed E-state index contributed by atoms with van der Waals surface area (Å²) in [6.45, 7) is 0. The summed E-state index contributed by atoms with van der Waals surface area (Å²) in [6, 6.07) is 15.7. The summed E-state index contributed by atoms with van der Waals surface area (Å²) < 4.78 is 10.4. The summed E-state index contributed by atoms with van der Waals surface area (Å²) in [5.74, 6) is -5.34. The number of non-ortho nitro benzene ring substituents is 4. The summed E-state index contributed by atoms with van der Waals surface area (Å²) in [7, 11) is 0. The van der Waals surface area contributed by atoms with Gasteiger partial charge in [0.05, 0.1) is 55.4 Å². The molecule has 0 heterocycles. The van der Waals surface area contributed by atoms with Gasteiger partial charge in [-0.15, -0.1) is 0 Å². The van der Waals surface area contributed by atoms with Crippen molar-refractivity contribution in [3.05, 3.63) is 148 Å². The zero-order chi connectivity index (χ0) is 37.9.